The van der Waals surface area contributed by atoms with Crippen LogP contribution >= 0.6 is 0 Å². The molecule has 0 aliphatic carbocycles. The minimum Gasteiger partial charge on any atom is -0.481 e. The lowest BCUT2D eigenvalue weighted by Crippen LogP contribution is -2.52. The minimum absolute atomic E-state index is 0.128. The van der Waals surface area contributed by atoms with Gasteiger partial charge >= 0.3 is 5.97 Å². The second kappa shape index (κ2) is 7.38. The van der Waals surface area contributed by atoms with Gasteiger partial charge in [-0.1, -0.05) is 13.8 Å². The number of morpholine rings is 1. The van der Waals surface area contributed by atoms with Crippen LogP contribution in [-0.2, 0) is 9.53 Å². The van der Waals surface area contributed by atoms with Gasteiger partial charge < -0.3 is 14.7 Å². The molecule has 5 heteroatoms. The van der Waals surface area contributed by atoms with Crippen molar-refractivity contribution in [1.29, 1.82) is 0 Å². The van der Waals surface area contributed by atoms with E-state index in [1.165, 1.54) is 32.5 Å². The first-order valence-electron chi connectivity index (χ1n) is 7.84. The van der Waals surface area contributed by atoms with Crippen molar-refractivity contribution in [1.82, 2.24) is 9.80 Å². The fourth-order valence-electron chi connectivity index (χ4n) is 3.38. The molecular formula is C15H28N2O3. The quantitative estimate of drug-likeness (QED) is 0.824. The number of piperidine rings is 1. The summed E-state index contributed by atoms with van der Waals surface area (Å²) in [5.41, 5.74) is 0. The largest absolute Gasteiger partial charge is 0.481 e. The Hall–Kier alpha value is -0.650. The van der Waals surface area contributed by atoms with Gasteiger partial charge in [0.15, 0.2) is 0 Å². The van der Waals surface area contributed by atoms with E-state index in [1.807, 2.05) is 0 Å². The summed E-state index contributed by atoms with van der Waals surface area (Å²) in [6, 6.07) is 0.610. The predicted molar refractivity (Wildman–Crippen MR) is 77.9 cm³/mol. The van der Waals surface area contributed by atoms with Crippen molar-refractivity contribution in [3.63, 3.8) is 0 Å². The number of carboxylic acids is 1. The van der Waals surface area contributed by atoms with Crippen LogP contribution in [0, 0.1) is 5.92 Å². The fourth-order valence-corrected chi connectivity index (χ4v) is 3.38. The van der Waals surface area contributed by atoms with Crippen molar-refractivity contribution < 1.29 is 14.6 Å². The van der Waals surface area contributed by atoms with Crippen LogP contribution in [-0.4, -0.2) is 72.4 Å². The number of ether oxygens (including phenoxy) is 1. The van der Waals surface area contributed by atoms with Gasteiger partial charge in [-0.2, -0.15) is 0 Å². The van der Waals surface area contributed by atoms with Gasteiger partial charge in [-0.15, -0.1) is 0 Å². The standard InChI is InChI=1S/C15H28N2O3/c1-12(2)10-16-5-3-13(4-6-16)17-7-8-20-14(11-17)9-15(18)19/h12-14H,3-11H2,1-2H3,(H,18,19). The Labute approximate surface area is 121 Å². The van der Waals surface area contributed by atoms with Gasteiger partial charge in [0.05, 0.1) is 19.1 Å². The molecule has 0 aromatic heterocycles. The zero-order valence-corrected chi connectivity index (χ0v) is 12.8. The van der Waals surface area contributed by atoms with Gasteiger partial charge in [0.1, 0.15) is 0 Å². The van der Waals surface area contributed by atoms with E-state index >= 15 is 0 Å². The number of hydrogen-bond acceptors (Lipinski definition) is 4. The minimum atomic E-state index is -0.761. The lowest BCUT2D eigenvalue weighted by Gasteiger charge is -2.42. The van der Waals surface area contributed by atoms with Crippen molar-refractivity contribution >= 4 is 5.97 Å². The van der Waals surface area contributed by atoms with Crippen molar-refractivity contribution in [3.05, 3.63) is 0 Å². The molecular weight excluding hydrogens is 256 g/mol. The highest BCUT2D eigenvalue weighted by atomic mass is 16.5. The molecule has 0 amide bonds. The molecule has 2 aliphatic rings. The van der Waals surface area contributed by atoms with Gasteiger partial charge in [0.25, 0.3) is 0 Å². The summed E-state index contributed by atoms with van der Waals surface area (Å²) in [5, 5.41) is 8.88. The second-order valence-corrected chi connectivity index (χ2v) is 6.51. The Balaban J connectivity index is 1.76. The molecule has 2 heterocycles. The summed E-state index contributed by atoms with van der Waals surface area (Å²) in [4.78, 5) is 15.8. The molecule has 20 heavy (non-hydrogen) atoms. The van der Waals surface area contributed by atoms with Crippen LogP contribution in [0.15, 0.2) is 0 Å². The predicted octanol–water partition coefficient (Wildman–Crippen LogP) is 1.28. The molecule has 2 rings (SSSR count). The first-order chi connectivity index (χ1) is 9.54. The van der Waals surface area contributed by atoms with Gasteiger partial charge in [-0.3, -0.25) is 9.69 Å². The first kappa shape index (κ1) is 15.7. The number of carboxylic acid groups (broad SMARTS) is 1. The van der Waals surface area contributed by atoms with Gasteiger partial charge in [-0.05, 0) is 31.8 Å². The molecule has 0 aromatic rings. The van der Waals surface area contributed by atoms with E-state index in [0.717, 1.165) is 19.0 Å². The third kappa shape index (κ3) is 4.72. The molecule has 1 N–H and O–H groups in total. The zero-order valence-electron chi connectivity index (χ0n) is 12.8. The number of aliphatic carboxylic acids is 1. The molecule has 1 unspecified atom stereocenters. The third-order valence-corrected chi connectivity index (χ3v) is 4.27. The van der Waals surface area contributed by atoms with E-state index in [9.17, 15) is 4.79 Å². The molecule has 0 saturated carbocycles. The topological polar surface area (TPSA) is 53.0 Å². The summed E-state index contributed by atoms with van der Waals surface area (Å²) in [6.45, 7) is 10.5. The molecule has 0 spiro atoms. The number of hydrogen-bond donors (Lipinski definition) is 1. The Kier molecular flexibility index (Phi) is 5.81. The molecule has 1 atom stereocenters. The van der Waals surface area contributed by atoms with Crippen LogP contribution in [0.4, 0.5) is 0 Å². The van der Waals surface area contributed by atoms with Crippen LogP contribution in [0.1, 0.15) is 33.1 Å². The van der Waals surface area contributed by atoms with Crippen LogP contribution in [0.2, 0.25) is 0 Å². The molecule has 2 aliphatic heterocycles. The summed E-state index contributed by atoms with van der Waals surface area (Å²) < 4.78 is 5.55. The molecule has 2 fully saturated rings. The van der Waals surface area contributed by atoms with Gasteiger partial charge in [0.2, 0.25) is 0 Å². The molecule has 0 bridgehead atoms. The lowest BCUT2D eigenvalue weighted by molar-refractivity contribution is -0.142. The molecule has 116 valence electrons. The first-order valence-corrected chi connectivity index (χ1v) is 7.84. The monoisotopic (exact) mass is 284 g/mol. The Bertz CT molecular complexity index is 314. The van der Waals surface area contributed by atoms with Crippen molar-refractivity contribution in [3.8, 4) is 0 Å². The van der Waals surface area contributed by atoms with Gasteiger partial charge in [0, 0.05) is 25.7 Å². The van der Waals surface area contributed by atoms with Crippen LogP contribution in [0.3, 0.4) is 0 Å². The molecule has 0 aromatic carbocycles. The zero-order chi connectivity index (χ0) is 14.5. The molecule has 5 nitrogen and oxygen atoms in total. The molecule has 0 radical (unpaired) electrons. The third-order valence-electron chi connectivity index (χ3n) is 4.27. The SMILES string of the molecule is CC(C)CN1CCC(N2CCOC(CC(=O)O)C2)CC1. The summed E-state index contributed by atoms with van der Waals surface area (Å²) in [6.07, 6.45) is 2.40. The number of likely N-dealkylation sites (tertiary alicyclic amines) is 1. The Morgan fingerprint density at radius 1 is 1.30 bits per heavy atom. The highest BCUT2D eigenvalue weighted by Crippen LogP contribution is 2.20. The Morgan fingerprint density at radius 2 is 2.00 bits per heavy atom. The van der Waals surface area contributed by atoms with Crippen molar-refractivity contribution in [2.75, 3.05) is 39.3 Å². The van der Waals surface area contributed by atoms with Crippen LogP contribution in [0.5, 0.6) is 0 Å². The summed E-state index contributed by atoms with van der Waals surface area (Å²) >= 11 is 0. The second-order valence-electron chi connectivity index (χ2n) is 6.51. The molecule has 2 saturated heterocycles. The van der Waals surface area contributed by atoms with E-state index < -0.39 is 5.97 Å². The van der Waals surface area contributed by atoms with E-state index in [0.29, 0.717) is 12.6 Å². The van der Waals surface area contributed by atoms with Gasteiger partial charge in [-0.25, -0.2) is 0 Å². The fraction of sp³-hybridized carbons (Fsp3) is 0.933. The highest BCUT2D eigenvalue weighted by Gasteiger charge is 2.30. The average Bonchev–Trinajstić information content (AvgIpc) is 2.38. The van der Waals surface area contributed by atoms with E-state index in [4.69, 9.17) is 9.84 Å². The lowest BCUT2D eigenvalue weighted by atomic mass is 10.0. The maximum atomic E-state index is 10.8. The number of rotatable bonds is 5. The van der Waals surface area contributed by atoms with Crippen LogP contribution in [0.25, 0.3) is 0 Å². The number of carbonyl (C=O) groups is 1. The smallest absolute Gasteiger partial charge is 0.306 e. The van der Waals surface area contributed by atoms with Crippen molar-refractivity contribution in [2.24, 2.45) is 5.92 Å². The Morgan fingerprint density at radius 3 is 2.60 bits per heavy atom. The average molecular weight is 284 g/mol. The number of nitrogens with zero attached hydrogens (tertiary/aromatic N) is 2. The van der Waals surface area contributed by atoms with Crippen molar-refractivity contribution in [2.45, 2.75) is 45.3 Å². The normalized spacial score (nSPS) is 27.1. The summed E-state index contributed by atoms with van der Waals surface area (Å²) in [5.74, 6) is -0.0292. The van der Waals surface area contributed by atoms with E-state index in [1.54, 1.807) is 0 Å². The summed E-state index contributed by atoms with van der Waals surface area (Å²) in [7, 11) is 0. The van der Waals surface area contributed by atoms with E-state index in [-0.39, 0.29) is 12.5 Å². The maximum absolute atomic E-state index is 10.8. The van der Waals surface area contributed by atoms with E-state index in [2.05, 4.69) is 23.6 Å². The van der Waals surface area contributed by atoms with Crippen LogP contribution < -0.4 is 0 Å². The maximum Gasteiger partial charge on any atom is 0.306 e. The highest BCUT2D eigenvalue weighted by molar-refractivity contribution is 5.67.